The van der Waals surface area contributed by atoms with Crippen LogP contribution in [0.2, 0.25) is 0 Å². The number of aromatic amines is 2. The third kappa shape index (κ3) is 4.31. The van der Waals surface area contributed by atoms with Crippen LogP contribution in [0.4, 0.5) is 5.82 Å². The molecule has 0 aromatic carbocycles. The highest BCUT2D eigenvalue weighted by atomic mass is 15.3. The van der Waals surface area contributed by atoms with Crippen LogP contribution in [0.5, 0.6) is 0 Å². The van der Waals surface area contributed by atoms with E-state index in [2.05, 4.69) is 72.4 Å². The predicted octanol–water partition coefficient (Wildman–Crippen LogP) is 3.81. The summed E-state index contributed by atoms with van der Waals surface area (Å²) < 4.78 is 0. The minimum atomic E-state index is 0.798. The molecule has 9 heteroatoms. The van der Waals surface area contributed by atoms with Crippen molar-refractivity contribution < 1.29 is 0 Å². The van der Waals surface area contributed by atoms with E-state index in [1.807, 2.05) is 30.9 Å². The summed E-state index contributed by atoms with van der Waals surface area (Å²) in [5.74, 6) is 1.03. The number of hydrogen-bond donors (Lipinski definition) is 3. The number of anilines is 1. The molecular weight excluding hydrogens is 450 g/mol. The summed E-state index contributed by atoms with van der Waals surface area (Å²) in [6.07, 6.45) is 8.62. The normalized spacial score (nSPS) is 14.8. The second-order valence-electron chi connectivity index (χ2n) is 9.52. The average molecular weight is 482 g/mol. The average Bonchev–Trinajstić information content (AvgIpc) is 3.53. The van der Waals surface area contributed by atoms with Crippen molar-refractivity contribution in [3.63, 3.8) is 0 Å². The minimum Gasteiger partial charge on any atom is -0.353 e. The van der Waals surface area contributed by atoms with Gasteiger partial charge in [-0.2, -0.15) is 5.10 Å². The first kappa shape index (κ1) is 22.6. The van der Waals surface area contributed by atoms with Gasteiger partial charge < -0.3 is 20.1 Å². The third-order valence-corrected chi connectivity index (χ3v) is 6.88. The number of fused-ring (bicyclic) bond motifs is 2. The smallest absolute Gasteiger partial charge is 0.138 e. The van der Waals surface area contributed by atoms with E-state index in [1.165, 1.54) is 0 Å². The first-order chi connectivity index (χ1) is 17.7. The first-order valence-electron chi connectivity index (χ1n) is 12.6. The number of nitrogens with zero attached hydrogens (tertiary/aromatic N) is 6. The molecule has 0 unspecified atom stereocenters. The second-order valence-corrected chi connectivity index (χ2v) is 9.52. The van der Waals surface area contributed by atoms with E-state index in [0.29, 0.717) is 0 Å². The zero-order valence-electron chi connectivity index (χ0n) is 20.8. The molecule has 3 N–H and O–H groups in total. The Morgan fingerprint density at radius 1 is 0.972 bits per heavy atom. The molecule has 0 saturated carbocycles. The molecule has 0 bridgehead atoms. The van der Waals surface area contributed by atoms with Gasteiger partial charge in [-0.15, -0.1) is 0 Å². The molecule has 0 aliphatic carbocycles. The van der Waals surface area contributed by atoms with Crippen molar-refractivity contribution in [3.8, 4) is 22.6 Å². The van der Waals surface area contributed by atoms with Crippen LogP contribution >= 0.6 is 0 Å². The van der Waals surface area contributed by atoms with Crippen LogP contribution in [0.25, 0.3) is 44.5 Å². The highest BCUT2D eigenvalue weighted by Crippen LogP contribution is 2.33. The van der Waals surface area contributed by atoms with E-state index in [4.69, 9.17) is 4.98 Å². The standard InChI is InChI=1S/C27H31N9/c1-3-5-28-14-18-11-19(16-29-15-18)23-12-20-25(17-31-23)33-34-26(20)24-13-21-22(32-24)4-6-30-27(21)36-9-7-35(2)8-10-36/h4,6,11-13,15-17,28,32H,3,5,7-10,14H2,1-2H3,(H,33,34). The van der Waals surface area contributed by atoms with Gasteiger partial charge in [-0.1, -0.05) is 6.92 Å². The summed E-state index contributed by atoms with van der Waals surface area (Å²) in [7, 11) is 2.17. The SMILES string of the molecule is CCCNCc1cncc(-c2cc3c(-c4cc5c(N6CCN(C)CC6)nccc5[nH]4)n[nH]c3cn2)c1. The number of hydrogen-bond acceptors (Lipinski definition) is 7. The van der Waals surface area contributed by atoms with Crippen LogP contribution < -0.4 is 10.2 Å². The van der Waals surface area contributed by atoms with Crippen LogP contribution in [0.3, 0.4) is 0 Å². The Bertz CT molecular complexity index is 1490. The van der Waals surface area contributed by atoms with E-state index in [9.17, 15) is 0 Å². The molecule has 5 aromatic heterocycles. The molecule has 0 amide bonds. The molecule has 1 aliphatic rings. The third-order valence-electron chi connectivity index (χ3n) is 6.88. The van der Waals surface area contributed by atoms with E-state index in [1.54, 1.807) is 0 Å². The van der Waals surface area contributed by atoms with Gasteiger partial charge >= 0.3 is 0 Å². The van der Waals surface area contributed by atoms with Crippen molar-refractivity contribution in [1.82, 2.24) is 40.3 Å². The maximum atomic E-state index is 4.74. The van der Waals surface area contributed by atoms with Gasteiger partial charge in [0, 0.05) is 67.7 Å². The lowest BCUT2D eigenvalue weighted by atomic mass is 10.1. The summed E-state index contributed by atoms with van der Waals surface area (Å²) >= 11 is 0. The number of piperazine rings is 1. The number of H-pyrrole nitrogens is 2. The second kappa shape index (κ2) is 9.67. The van der Waals surface area contributed by atoms with E-state index in [0.717, 1.165) is 102 Å². The highest BCUT2D eigenvalue weighted by Gasteiger charge is 2.20. The van der Waals surface area contributed by atoms with Gasteiger partial charge in [0.2, 0.25) is 0 Å². The molecule has 184 valence electrons. The van der Waals surface area contributed by atoms with Gasteiger partial charge in [0.15, 0.2) is 0 Å². The molecule has 6 rings (SSSR count). The molecule has 0 radical (unpaired) electrons. The number of nitrogens with one attached hydrogen (secondary N) is 3. The Kier molecular flexibility index (Phi) is 6.08. The lowest BCUT2D eigenvalue weighted by Gasteiger charge is -2.33. The Hall–Kier alpha value is -3.82. The van der Waals surface area contributed by atoms with Gasteiger partial charge in [-0.05, 0) is 49.8 Å². The first-order valence-corrected chi connectivity index (χ1v) is 12.6. The van der Waals surface area contributed by atoms with Gasteiger partial charge in [0.1, 0.15) is 11.5 Å². The Labute approximate surface area is 210 Å². The zero-order valence-corrected chi connectivity index (χ0v) is 20.8. The number of pyridine rings is 3. The lowest BCUT2D eigenvalue weighted by molar-refractivity contribution is 0.312. The maximum Gasteiger partial charge on any atom is 0.138 e. The number of rotatable bonds is 7. The summed E-state index contributed by atoms with van der Waals surface area (Å²) in [6, 6.07) is 8.46. The summed E-state index contributed by atoms with van der Waals surface area (Å²) in [6.45, 7) is 7.99. The van der Waals surface area contributed by atoms with E-state index < -0.39 is 0 Å². The monoisotopic (exact) mass is 481 g/mol. The van der Waals surface area contributed by atoms with Crippen molar-refractivity contribution in [2.45, 2.75) is 19.9 Å². The molecule has 1 fully saturated rings. The van der Waals surface area contributed by atoms with Gasteiger partial charge in [0.05, 0.1) is 28.6 Å². The van der Waals surface area contributed by atoms with Crippen molar-refractivity contribution in [2.24, 2.45) is 0 Å². The Balaban J connectivity index is 1.35. The Morgan fingerprint density at radius 2 is 1.86 bits per heavy atom. The molecule has 6 heterocycles. The number of likely N-dealkylation sites (N-methyl/N-ethyl adjacent to an activating group) is 1. The molecule has 36 heavy (non-hydrogen) atoms. The highest BCUT2D eigenvalue weighted by molar-refractivity contribution is 5.99. The molecule has 5 aromatic rings. The maximum absolute atomic E-state index is 4.74. The van der Waals surface area contributed by atoms with Crippen molar-refractivity contribution in [3.05, 3.63) is 54.6 Å². The fraction of sp³-hybridized carbons (Fsp3) is 0.333. The quantitative estimate of drug-likeness (QED) is 0.304. The Morgan fingerprint density at radius 3 is 2.72 bits per heavy atom. The van der Waals surface area contributed by atoms with Crippen molar-refractivity contribution >= 4 is 27.6 Å². The van der Waals surface area contributed by atoms with Gasteiger partial charge in [-0.3, -0.25) is 15.1 Å². The van der Waals surface area contributed by atoms with Crippen LogP contribution in [0.1, 0.15) is 18.9 Å². The van der Waals surface area contributed by atoms with E-state index >= 15 is 0 Å². The van der Waals surface area contributed by atoms with Crippen LogP contribution in [-0.4, -0.2) is 74.8 Å². The number of aromatic nitrogens is 6. The molecule has 0 atom stereocenters. The molecule has 1 aliphatic heterocycles. The minimum absolute atomic E-state index is 0.798. The summed E-state index contributed by atoms with van der Waals surface area (Å²) in [4.78, 5) is 22.2. The molecular formula is C27H31N9. The van der Waals surface area contributed by atoms with Crippen molar-refractivity contribution in [1.29, 1.82) is 0 Å². The van der Waals surface area contributed by atoms with Gasteiger partial charge in [-0.25, -0.2) is 4.98 Å². The van der Waals surface area contributed by atoms with Crippen molar-refractivity contribution in [2.75, 3.05) is 44.7 Å². The van der Waals surface area contributed by atoms with Crippen LogP contribution in [0.15, 0.2) is 49.1 Å². The predicted molar refractivity (Wildman–Crippen MR) is 144 cm³/mol. The fourth-order valence-electron chi connectivity index (χ4n) is 4.85. The van der Waals surface area contributed by atoms with E-state index in [-0.39, 0.29) is 0 Å². The summed E-state index contributed by atoms with van der Waals surface area (Å²) in [5, 5.41) is 13.4. The van der Waals surface area contributed by atoms with Crippen LogP contribution in [0, 0.1) is 0 Å². The van der Waals surface area contributed by atoms with Crippen LogP contribution in [-0.2, 0) is 6.54 Å². The lowest BCUT2D eigenvalue weighted by Crippen LogP contribution is -2.44. The zero-order chi connectivity index (χ0) is 24.5. The topological polar surface area (TPSA) is 102 Å². The summed E-state index contributed by atoms with van der Waals surface area (Å²) in [5.41, 5.74) is 6.84. The molecule has 1 saturated heterocycles. The largest absolute Gasteiger partial charge is 0.353 e. The molecule has 9 nitrogen and oxygen atoms in total. The fourth-order valence-corrected chi connectivity index (χ4v) is 4.85. The molecule has 0 spiro atoms. The van der Waals surface area contributed by atoms with Gasteiger partial charge in [0.25, 0.3) is 0 Å².